The fourth-order valence-corrected chi connectivity index (χ4v) is 3.61. The minimum atomic E-state index is -0.137. The molecule has 2 aliphatic heterocycles. The molecule has 2 fully saturated rings. The van der Waals surface area contributed by atoms with E-state index in [-0.39, 0.29) is 23.3 Å². The van der Waals surface area contributed by atoms with Crippen LogP contribution in [0.3, 0.4) is 0 Å². The van der Waals surface area contributed by atoms with Crippen molar-refractivity contribution in [2.75, 3.05) is 18.0 Å². The van der Waals surface area contributed by atoms with Crippen LogP contribution in [0, 0.1) is 5.41 Å². The van der Waals surface area contributed by atoms with Crippen molar-refractivity contribution >= 4 is 17.5 Å². The van der Waals surface area contributed by atoms with Gasteiger partial charge in [-0.3, -0.25) is 14.9 Å². The van der Waals surface area contributed by atoms with Crippen LogP contribution < -0.4 is 15.0 Å². The molecule has 0 bridgehead atoms. The average Bonchev–Trinajstić information content (AvgIpc) is 2.46. The maximum absolute atomic E-state index is 11.7. The lowest BCUT2D eigenvalue weighted by Crippen LogP contribution is -2.50. The number of hydrogen-bond donors (Lipinski definition) is 1. The van der Waals surface area contributed by atoms with E-state index in [1.807, 2.05) is 26.0 Å². The number of piperidine rings is 2. The Morgan fingerprint density at radius 1 is 1.13 bits per heavy atom. The third-order valence-electron chi connectivity index (χ3n) is 4.73. The molecule has 2 heterocycles. The number of rotatable bonds is 3. The van der Waals surface area contributed by atoms with Gasteiger partial charge in [-0.1, -0.05) is 6.07 Å². The third-order valence-corrected chi connectivity index (χ3v) is 4.73. The molecule has 0 atom stereocenters. The number of benzene rings is 1. The van der Waals surface area contributed by atoms with E-state index < -0.39 is 0 Å². The number of imide groups is 1. The van der Waals surface area contributed by atoms with E-state index >= 15 is 0 Å². The standard InChI is InChI=1S/C18H24N2O3/c1-13(2)23-15-5-3-4-14(10-15)20-8-6-18(7-9-20)11-16(21)19-17(22)12-18/h3-5,10,13H,6-9,11-12H2,1-2H3,(H,19,21,22). The van der Waals surface area contributed by atoms with E-state index in [0.717, 1.165) is 37.4 Å². The molecule has 0 aliphatic carbocycles. The molecule has 1 spiro atoms. The minimum absolute atomic E-state index is 0.123. The van der Waals surface area contributed by atoms with Crippen molar-refractivity contribution in [2.45, 2.75) is 45.6 Å². The molecule has 124 valence electrons. The Hall–Kier alpha value is -2.04. The zero-order valence-electron chi connectivity index (χ0n) is 13.8. The van der Waals surface area contributed by atoms with E-state index in [4.69, 9.17) is 4.74 Å². The Bertz CT molecular complexity index is 586. The summed E-state index contributed by atoms with van der Waals surface area (Å²) in [5.41, 5.74) is 1.01. The summed E-state index contributed by atoms with van der Waals surface area (Å²) in [6.07, 6.45) is 2.86. The van der Waals surface area contributed by atoms with Gasteiger partial charge in [-0.2, -0.15) is 0 Å². The maximum Gasteiger partial charge on any atom is 0.227 e. The number of hydrogen-bond acceptors (Lipinski definition) is 4. The second-order valence-electron chi connectivity index (χ2n) is 6.98. The SMILES string of the molecule is CC(C)Oc1cccc(N2CCC3(CC2)CC(=O)NC(=O)C3)c1. The second kappa shape index (κ2) is 6.22. The number of carbonyl (C=O) groups excluding carboxylic acids is 2. The Balaban J connectivity index is 1.67. The fraction of sp³-hybridized carbons (Fsp3) is 0.556. The minimum Gasteiger partial charge on any atom is -0.491 e. The number of amides is 2. The second-order valence-corrected chi connectivity index (χ2v) is 6.98. The van der Waals surface area contributed by atoms with Crippen LogP contribution in [0.25, 0.3) is 0 Å². The molecule has 0 unspecified atom stereocenters. The highest BCUT2D eigenvalue weighted by molar-refractivity contribution is 5.98. The fourth-order valence-electron chi connectivity index (χ4n) is 3.61. The monoisotopic (exact) mass is 316 g/mol. The molecule has 0 aromatic heterocycles. The molecule has 2 saturated heterocycles. The normalized spacial score (nSPS) is 20.7. The van der Waals surface area contributed by atoms with Crippen molar-refractivity contribution in [3.8, 4) is 5.75 Å². The van der Waals surface area contributed by atoms with Crippen LogP contribution >= 0.6 is 0 Å². The van der Waals surface area contributed by atoms with Gasteiger partial charge in [-0.25, -0.2) is 0 Å². The molecule has 2 aliphatic rings. The van der Waals surface area contributed by atoms with Crippen molar-refractivity contribution in [1.29, 1.82) is 0 Å². The van der Waals surface area contributed by atoms with Gasteiger partial charge in [0.2, 0.25) is 11.8 Å². The third kappa shape index (κ3) is 3.66. The summed E-state index contributed by atoms with van der Waals surface area (Å²) in [6, 6.07) is 8.13. The highest BCUT2D eigenvalue weighted by atomic mass is 16.5. The van der Waals surface area contributed by atoms with E-state index in [0.29, 0.717) is 12.8 Å². The van der Waals surface area contributed by atoms with Crippen LogP contribution in [0.5, 0.6) is 5.75 Å². The molecule has 1 aromatic carbocycles. The highest BCUT2D eigenvalue weighted by Crippen LogP contribution is 2.41. The molecule has 23 heavy (non-hydrogen) atoms. The average molecular weight is 316 g/mol. The van der Waals surface area contributed by atoms with Gasteiger partial charge in [0.15, 0.2) is 0 Å². The first-order valence-corrected chi connectivity index (χ1v) is 8.30. The molecule has 5 heteroatoms. The number of carbonyl (C=O) groups is 2. The molecule has 3 rings (SSSR count). The van der Waals surface area contributed by atoms with Crippen LogP contribution in [0.4, 0.5) is 5.69 Å². The summed E-state index contributed by atoms with van der Waals surface area (Å²) >= 11 is 0. The Morgan fingerprint density at radius 3 is 2.39 bits per heavy atom. The molecule has 5 nitrogen and oxygen atoms in total. The van der Waals surface area contributed by atoms with E-state index in [9.17, 15) is 9.59 Å². The van der Waals surface area contributed by atoms with Crippen LogP contribution in [-0.4, -0.2) is 31.0 Å². The number of anilines is 1. The summed E-state index contributed by atoms with van der Waals surface area (Å²) in [7, 11) is 0. The van der Waals surface area contributed by atoms with Crippen molar-refractivity contribution < 1.29 is 14.3 Å². The van der Waals surface area contributed by atoms with Gasteiger partial charge in [-0.05, 0) is 44.2 Å². The molecule has 1 N–H and O–H groups in total. The highest BCUT2D eigenvalue weighted by Gasteiger charge is 2.41. The Morgan fingerprint density at radius 2 is 1.78 bits per heavy atom. The van der Waals surface area contributed by atoms with E-state index in [2.05, 4.69) is 22.3 Å². The van der Waals surface area contributed by atoms with Gasteiger partial charge in [0, 0.05) is 37.7 Å². The molecule has 1 aromatic rings. The van der Waals surface area contributed by atoms with Gasteiger partial charge in [0.05, 0.1) is 6.10 Å². The van der Waals surface area contributed by atoms with Crippen molar-refractivity contribution in [1.82, 2.24) is 5.32 Å². The van der Waals surface area contributed by atoms with E-state index in [1.54, 1.807) is 0 Å². The number of ether oxygens (including phenoxy) is 1. The molecular weight excluding hydrogens is 292 g/mol. The summed E-state index contributed by atoms with van der Waals surface area (Å²) in [5.74, 6) is 0.633. The molecule has 0 saturated carbocycles. The van der Waals surface area contributed by atoms with Gasteiger partial charge in [0.25, 0.3) is 0 Å². The van der Waals surface area contributed by atoms with Crippen molar-refractivity contribution in [2.24, 2.45) is 5.41 Å². The summed E-state index contributed by atoms with van der Waals surface area (Å²) in [6.45, 7) is 5.77. The first-order chi connectivity index (χ1) is 11.0. The number of nitrogens with zero attached hydrogens (tertiary/aromatic N) is 1. The van der Waals surface area contributed by atoms with Crippen molar-refractivity contribution in [3.63, 3.8) is 0 Å². The predicted molar refractivity (Wildman–Crippen MR) is 88.5 cm³/mol. The van der Waals surface area contributed by atoms with Gasteiger partial charge >= 0.3 is 0 Å². The van der Waals surface area contributed by atoms with Crippen LogP contribution in [-0.2, 0) is 9.59 Å². The first kappa shape index (κ1) is 15.8. The zero-order valence-corrected chi connectivity index (χ0v) is 13.8. The van der Waals surface area contributed by atoms with Crippen molar-refractivity contribution in [3.05, 3.63) is 24.3 Å². The molecule has 0 radical (unpaired) electrons. The lowest BCUT2D eigenvalue weighted by Gasteiger charge is -2.43. The topological polar surface area (TPSA) is 58.6 Å². The van der Waals surface area contributed by atoms with Crippen LogP contribution in [0.2, 0.25) is 0 Å². The van der Waals surface area contributed by atoms with Gasteiger partial charge in [-0.15, -0.1) is 0 Å². The van der Waals surface area contributed by atoms with Crippen LogP contribution in [0.1, 0.15) is 39.5 Å². The van der Waals surface area contributed by atoms with Crippen LogP contribution in [0.15, 0.2) is 24.3 Å². The summed E-state index contributed by atoms with van der Waals surface area (Å²) < 4.78 is 5.76. The summed E-state index contributed by atoms with van der Waals surface area (Å²) in [5, 5.41) is 2.41. The quantitative estimate of drug-likeness (QED) is 0.871. The smallest absolute Gasteiger partial charge is 0.227 e. The number of nitrogens with one attached hydrogen (secondary N) is 1. The maximum atomic E-state index is 11.7. The molecule has 2 amide bonds. The van der Waals surface area contributed by atoms with E-state index in [1.165, 1.54) is 0 Å². The zero-order chi connectivity index (χ0) is 16.4. The van der Waals surface area contributed by atoms with Gasteiger partial charge in [0.1, 0.15) is 5.75 Å². The predicted octanol–water partition coefficient (Wildman–Crippen LogP) is 2.50. The summed E-state index contributed by atoms with van der Waals surface area (Å²) in [4.78, 5) is 25.7. The molecular formula is C18H24N2O3. The Labute approximate surface area is 137 Å². The van der Waals surface area contributed by atoms with Gasteiger partial charge < -0.3 is 9.64 Å². The first-order valence-electron chi connectivity index (χ1n) is 8.30. The lowest BCUT2D eigenvalue weighted by molar-refractivity contribution is -0.138. The lowest BCUT2D eigenvalue weighted by atomic mass is 9.71. The largest absolute Gasteiger partial charge is 0.491 e. The Kier molecular flexibility index (Phi) is 4.28.